The zero-order valence-electron chi connectivity index (χ0n) is 36.1. The highest BCUT2D eigenvalue weighted by Crippen LogP contribution is 2.47. The van der Waals surface area contributed by atoms with Crippen LogP contribution in [0.3, 0.4) is 0 Å². The minimum absolute atomic E-state index is 0.264. The van der Waals surface area contributed by atoms with Crippen LogP contribution in [0.1, 0.15) is 0 Å². The van der Waals surface area contributed by atoms with Gasteiger partial charge in [0.25, 0.3) is 6.71 Å². The molecule has 0 aliphatic carbocycles. The molecule has 12 aromatic rings. The summed E-state index contributed by atoms with van der Waals surface area (Å²) in [5.74, 6) is 3.03. The lowest BCUT2D eigenvalue weighted by Gasteiger charge is -2.36. The number of rotatable bonds is 7. The predicted molar refractivity (Wildman–Crippen MR) is 275 cm³/mol. The summed E-state index contributed by atoms with van der Waals surface area (Å²) in [6.07, 6.45) is 0. The third kappa shape index (κ3) is 5.78. The number of fused-ring (bicyclic) bond motifs is 11. The number of hydrogen-bond acceptors (Lipinski definition) is 5. The number of para-hydroxylation sites is 7. The Morgan fingerprint density at radius 2 is 0.806 bits per heavy atom. The van der Waals surface area contributed by atoms with Gasteiger partial charge in [-0.25, -0.2) is 0 Å². The Morgan fingerprint density at radius 3 is 1.37 bits per heavy atom. The van der Waals surface area contributed by atoms with E-state index in [4.69, 9.17) is 13.9 Å². The smallest absolute Gasteiger partial charge is 0.261 e. The van der Waals surface area contributed by atoms with E-state index in [0.29, 0.717) is 0 Å². The van der Waals surface area contributed by atoms with Crippen LogP contribution in [0.2, 0.25) is 0 Å². The third-order valence-corrected chi connectivity index (χ3v) is 13.4. The van der Waals surface area contributed by atoms with Gasteiger partial charge in [-0.05, 0) is 83.7 Å². The van der Waals surface area contributed by atoms with Crippen molar-refractivity contribution in [3.8, 4) is 28.7 Å². The summed E-state index contributed by atoms with van der Waals surface area (Å²) in [7, 11) is 0. The van der Waals surface area contributed by atoms with Crippen LogP contribution < -0.4 is 35.7 Å². The number of benzene rings is 10. The number of aromatic nitrogens is 1. The van der Waals surface area contributed by atoms with Crippen molar-refractivity contribution in [2.75, 3.05) is 9.80 Å². The molecule has 14 rings (SSSR count). The molecule has 0 saturated carbocycles. The average molecular weight is 860 g/mol. The average Bonchev–Trinajstić information content (AvgIpc) is 3.94. The van der Waals surface area contributed by atoms with Crippen LogP contribution >= 0.6 is 0 Å². The van der Waals surface area contributed by atoms with E-state index in [2.05, 4.69) is 239 Å². The second kappa shape index (κ2) is 14.8. The maximum absolute atomic E-state index is 7.40. The first-order chi connectivity index (χ1) is 33.2. The van der Waals surface area contributed by atoms with Crippen LogP contribution in [-0.2, 0) is 0 Å². The van der Waals surface area contributed by atoms with Crippen LogP contribution in [0.25, 0.3) is 49.4 Å². The minimum Gasteiger partial charge on any atom is -0.458 e. The topological polar surface area (TPSA) is 43.0 Å². The van der Waals surface area contributed by atoms with Crippen molar-refractivity contribution in [2.24, 2.45) is 0 Å². The lowest BCUT2D eigenvalue weighted by atomic mass is 9.34. The highest BCUT2D eigenvalue weighted by atomic mass is 16.5. The summed E-state index contributed by atoms with van der Waals surface area (Å²) < 4.78 is 24.1. The summed E-state index contributed by atoms with van der Waals surface area (Å²) >= 11 is 0. The van der Waals surface area contributed by atoms with Gasteiger partial charge < -0.3 is 28.3 Å². The van der Waals surface area contributed by atoms with Crippen molar-refractivity contribution >= 4 is 101 Å². The molecular weight excluding hydrogens is 821 g/mol. The molecule has 6 nitrogen and oxygen atoms in total. The summed E-state index contributed by atoms with van der Waals surface area (Å²) in [6, 6.07) is 80.8. The summed E-state index contributed by atoms with van der Waals surface area (Å²) in [4.78, 5) is 4.55. The standard InChI is InChI=1S/C60H38BN3O3/c1-5-19-39(20-6-1)62(40-21-7-2-8-22-40)43-33-34-48-53(35-43)65-54-36-44(63(41-23-9-3-10-24-41)42-25-11-4-12-26-42)37-55-58(54)61(48)59-56(66-55)38-51(60-57(59)47-29-15-18-32-52(47)67-60)64-49-30-16-13-27-45(49)46-28-14-17-31-50(46)64/h1-38H. The highest BCUT2D eigenvalue weighted by molar-refractivity contribution is 7.00. The lowest BCUT2D eigenvalue weighted by Crippen LogP contribution is -2.57. The molecule has 2 aromatic heterocycles. The van der Waals surface area contributed by atoms with Gasteiger partial charge in [0.1, 0.15) is 28.6 Å². The fourth-order valence-corrected chi connectivity index (χ4v) is 10.7. The molecule has 0 atom stereocenters. The Labute approximate surface area is 386 Å². The van der Waals surface area contributed by atoms with Crippen molar-refractivity contribution in [2.45, 2.75) is 0 Å². The zero-order valence-corrected chi connectivity index (χ0v) is 36.1. The number of anilines is 6. The Hall–Kier alpha value is -8.94. The number of nitrogens with zero attached hydrogens (tertiary/aromatic N) is 3. The van der Waals surface area contributed by atoms with Gasteiger partial charge in [0.05, 0.1) is 22.4 Å². The van der Waals surface area contributed by atoms with E-state index in [1.165, 1.54) is 10.8 Å². The molecule has 0 N–H and O–H groups in total. The first-order valence-electron chi connectivity index (χ1n) is 22.7. The first kappa shape index (κ1) is 37.4. The summed E-state index contributed by atoms with van der Waals surface area (Å²) in [6.45, 7) is -0.264. The zero-order chi connectivity index (χ0) is 44.0. The molecule has 7 heteroatoms. The fraction of sp³-hybridized carbons (Fsp3) is 0. The van der Waals surface area contributed by atoms with Crippen LogP contribution in [0, 0.1) is 0 Å². The largest absolute Gasteiger partial charge is 0.458 e. The van der Waals surface area contributed by atoms with Crippen molar-refractivity contribution < 1.29 is 13.9 Å². The van der Waals surface area contributed by atoms with E-state index in [9.17, 15) is 0 Å². The molecule has 2 aliphatic rings. The van der Waals surface area contributed by atoms with E-state index in [-0.39, 0.29) is 6.71 Å². The van der Waals surface area contributed by atoms with Gasteiger partial charge in [-0.15, -0.1) is 0 Å². The molecule has 0 fully saturated rings. The van der Waals surface area contributed by atoms with Gasteiger partial charge in [-0.1, -0.05) is 133 Å². The van der Waals surface area contributed by atoms with Crippen molar-refractivity contribution in [3.05, 3.63) is 231 Å². The van der Waals surface area contributed by atoms with Gasteiger partial charge >= 0.3 is 0 Å². The minimum atomic E-state index is -0.264. The summed E-state index contributed by atoms with van der Waals surface area (Å²) in [5.41, 5.74) is 13.9. The molecular formula is C60H38BN3O3. The van der Waals surface area contributed by atoms with Crippen LogP contribution in [0.15, 0.2) is 235 Å². The Morgan fingerprint density at radius 1 is 0.358 bits per heavy atom. The number of hydrogen-bond donors (Lipinski definition) is 0. The second-order valence-electron chi connectivity index (χ2n) is 17.2. The molecule has 10 aromatic carbocycles. The third-order valence-electron chi connectivity index (χ3n) is 13.4. The molecule has 0 bridgehead atoms. The molecule has 4 heterocycles. The second-order valence-corrected chi connectivity index (χ2v) is 17.2. The highest BCUT2D eigenvalue weighted by Gasteiger charge is 2.44. The fourth-order valence-electron chi connectivity index (χ4n) is 10.7. The maximum atomic E-state index is 7.40. The molecule has 67 heavy (non-hydrogen) atoms. The van der Waals surface area contributed by atoms with Crippen molar-refractivity contribution in [1.82, 2.24) is 4.57 Å². The van der Waals surface area contributed by atoms with Crippen LogP contribution in [-0.4, -0.2) is 11.3 Å². The molecule has 0 amide bonds. The molecule has 0 unspecified atom stereocenters. The monoisotopic (exact) mass is 859 g/mol. The predicted octanol–water partition coefficient (Wildman–Crippen LogP) is 14.4. The molecule has 0 saturated heterocycles. The lowest BCUT2D eigenvalue weighted by molar-refractivity contribution is 0.465. The first-order valence-corrected chi connectivity index (χ1v) is 22.7. The summed E-state index contributed by atoms with van der Waals surface area (Å²) in [5, 5.41) is 4.41. The van der Waals surface area contributed by atoms with Gasteiger partial charge in [-0.2, -0.15) is 0 Å². The van der Waals surface area contributed by atoms with Crippen LogP contribution in [0.5, 0.6) is 23.0 Å². The quantitative estimate of drug-likeness (QED) is 0.149. The van der Waals surface area contributed by atoms with Gasteiger partial charge in [-0.3, -0.25) is 0 Å². The maximum Gasteiger partial charge on any atom is 0.261 e. The number of ether oxygens (including phenoxy) is 2. The van der Waals surface area contributed by atoms with E-state index in [0.717, 1.165) is 112 Å². The van der Waals surface area contributed by atoms with Gasteiger partial charge in [0.2, 0.25) is 0 Å². The molecule has 2 aliphatic heterocycles. The van der Waals surface area contributed by atoms with E-state index in [1.807, 2.05) is 6.07 Å². The van der Waals surface area contributed by atoms with Gasteiger partial charge in [0, 0.05) is 79.7 Å². The van der Waals surface area contributed by atoms with E-state index >= 15 is 0 Å². The van der Waals surface area contributed by atoms with E-state index < -0.39 is 0 Å². The van der Waals surface area contributed by atoms with Gasteiger partial charge in [0.15, 0.2) is 5.58 Å². The Kier molecular flexibility index (Phi) is 8.27. The Balaban J connectivity index is 1.06. The Bertz CT molecular complexity index is 3760. The SMILES string of the molecule is c1ccc(N(c2ccccc2)c2ccc3c(c2)Oc2cc(N(c4ccccc4)c4ccccc4)cc4c2B3c2c(cc(-n3c5ccccc5c5ccccc53)c3oc5ccccc5c23)O4)cc1. The van der Waals surface area contributed by atoms with Crippen molar-refractivity contribution in [3.63, 3.8) is 0 Å². The molecule has 314 valence electrons. The van der Waals surface area contributed by atoms with Crippen molar-refractivity contribution in [1.29, 1.82) is 0 Å². The van der Waals surface area contributed by atoms with Crippen LogP contribution in [0.4, 0.5) is 34.1 Å². The number of furan rings is 1. The van der Waals surface area contributed by atoms with E-state index in [1.54, 1.807) is 0 Å². The molecule has 0 spiro atoms. The normalized spacial score (nSPS) is 12.4. The molecule has 0 radical (unpaired) electrons.